The highest BCUT2D eigenvalue weighted by Gasteiger charge is 2.50. The Morgan fingerprint density at radius 3 is 2.06 bits per heavy atom. The first-order valence-electron chi connectivity index (χ1n) is 11.4. The van der Waals surface area contributed by atoms with E-state index in [4.69, 9.17) is 0 Å². The van der Waals surface area contributed by atoms with Crippen LogP contribution < -0.4 is 4.90 Å². The lowest BCUT2D eigenvalue weighted by Crippen LogP contribution is -2.53. The van der Waals surface area contributed by atoms with Crippen LogP contribution in [0.1, 0.15) is 41.1 Å². The molecule has 0 bridgehead atoms. The van der Waals surface area contributed by atoms with E-state index in [9.17, 15) is 24.6 Å². The molecule has 8 nitrogen and oxygen atoms in total. The van der Waals surface area contributed by atoms with Crippen molar-refractivity contribution in [2.24, 2.45) is 0 Å². The summed E-state index contributed by atoms with van der Waals surface area (Å²) in [4.78, 5) is 41.8. The molecule has 1 heterocycles. The first-order chi connectivity index (χ1) is 15.9. The summed E-state index contributed by atoms with van der Waals surface area (Å²) < 4.78 is 0. The van der Waals surface area contributed by atoms with Gasteiger partial charge in [-0.2, -0.15) is 0 Å². The fourth-order valence-corrected chi connectivity index (χ4v) is 4.65. The van der Waals surface area contributed by atoms with Crippen molar-refractivity contribution in [2.75, 3.05) is 31.1 Å². The Labute approximate surface area is 192 Å². The number of hydrogen-bond donors (Lipinski definition) is 2. The Morgan fingerprint density at radius 2 is 1.48 bits per heavy atom. The van der Waals surface area contributed by atoms with Gasteiger partial charge in [0.05, 0.1) is 0 Å². The monoisotopic (exact) mass is 449 g/mol. The summed E-state index contributed by atoms with van der Waals surface area (Å²) in [6.07, 6.45) is 0.826. The molecule has 172 valence electrons. The van der Waals surface area contributed by atoms with E-state index < -0.39 is 11.7 Å². The topological polar surface area (TPSA) is 101 Å². The quantitative estimate of drug-likeness (QED) is 0.731. The van der Waals surface area contributed by atoms with Gasteiger partial charge in [-0.15, -0.1) is 0 Å². The molecular weight excluding hydrogens is 422 g/mol. The normalized spacial score (nSPS) is 23.1. The van der Waals surface area contributed by atoms with E-state index in [0.29, 0.717) is 50.3 Å². The number of carbonyl (C=O) groups excluding carboxylic acids is 2. The van der Waals surface area contributed by atoms with E-state index in [-0.39, 0.29) is 23.8 Å². The van der Waals surface area contributed by atoms with Crippen LogP contribution in [0.25, 0.3) is 0 Å². The minimum atomic E-state index is -1.17. The van der Waals surface area contributed by atoms with E-state index in [1.807, 2.05) is 30.3 Å². The van der Waals surface area contributed by atoms with Crippen LogP contribution in [0, 0.1) is 0 Å². The number of piperazine rings is 1. The summed E-state index contributed by atoms with van der Waals surface area (Å²) in [5.41, 5.74) is 1.09. The van der Waals surface area contributed by atoms with E-state index in [2.05, 4.69) is 0 Å². The number of hydrogen-bond acceptors (Lipinski definition) is 4. The third-order valence-corrected chi connectivity index (χ3v) is 6.89. The molecule has 2 aromatic rings. The van der Waals surface area contributed by atoms with Gasteiger partial charge in [-0.1, -0.05) is 30.3 Å². The molecule has 2 N–H and O–H groups in total. The highest BCUT2D eigenvalue weighted by Crippen LogP contribution is 2.46. The first-order valence-corrected chi connectivity index (χ1v) is 11.4. The van der Waals surface area contributed by atoms with Crippen molar-refractivity contribution in [1.82, 2.24) is 9.80 Å². The van der Waals surface area contributed by atoms with E-state index >= 15 is 0 Å². The number of para-hydroxylation sites is 1. The SMILES string of the molecule is O=C(c1ccc(C2CC2N(C(=O)O)c2ccccc2)cc1)N1CCN(C(=O)C2(O)CC2)CC1. The lowest BCUT2D eigenvalue weighted by molar-refractivity contribution is -0.143. The number of nitrogens with zero attached hydrogens (tertiary/aromatic N) is 3. The van der Waals surface area contributed by atoms with Crippen molar-refractivity contribution in [3.8, 4) is 0 Å². The van der Waals surface area contributed by atoms with Crippen LogP contribution in [0.4, 0.5) is 10.5 Å². The van der Waals surface area contributed by atoms with Gasteiger partial charge < -0.3 is 20.0 Å². The van der Waals surface area contributed by atoms with Crippen LogP contribution in [0.2, 0.25) is 0 Å². The van der Waals surface area contributed by atoms with Gasteiger partial charge in [-0.3, -0.25) is 14.5 Å². The van der Waals surface area contributed by atoms with Crippen LogP contribution in [-0.2, 0) is 4.79 Å². The average molecular weight is 450 g/mol. The fourth-order valence-electron chi connectivity index (χ4n) is 4.65. The van der Waals surface area contributed by atoms with Gasteiger partial charge in [-0.05, 0) is 49.1 Å². The van der Waals surface area contributed by atoms with Gasteiger partial charge in [0.25, 0.3) is 11.8 Å². The number of carboxylic acid groups (broad SMARTS) is 1. The number of anilines is 1. The Balaban J connectivity index is 1.19. The maximum absolute atomic E-state index is 12.9. The second kappa shape index (κ2) is 8.19. The maximum atomic E-state index is 12.9. The smallest absolute Gasteiger partial charge is 0.412 e. The van der Waals surface area contributed by atoms with Crippen LogP contribution in [0.15, 0.2) is 54.6 Å². The van der Waals surface area contributed by atoms with Crippen LogP contribution in [0.3, 0.4) is 0 Å². The minimum absolute atomic E-state index is 0.0809. The van der Waals surface area contributed by atoms with Gasteiger partial charge in [-0.25, -0.2) is 4.79 Å². The summed E-state index contributed by atoms with van der Waals surface area (Å²) in [5.74, 6) is -0.195. The summed E-state index contributed by atoms with van der Waals surface area (Å²) in [6, 6.07) is 16.4. The zero-order valence-corrected chi connectivity index (χ0v) is 18.3. The molecule has 0 aromatic heterocycles. The highest BCUT2D eigenvalue weighted by molar-refractivity contribution is 5.95. The van der Waals surface area contributed by atoms with Gasteiger partial charge >= 0.3 is 6.09 Å². The third kappa shape index (κ3) is 4.18. The Bertz CT molecular complexity index is 1060. The summed E-state index contributed by atoms with van der Waals surface area (Å²) in [5, 5.41) is 19.7. The van der Waals surface area contributed by atoms with Gasteiger partial charge in [0.2, 0.25) is 0 Å². The molecule has 3 fully saturated rings. The zero-order chi connectivity index (χ0) is 23.2. The zero-order valence-electron chi connectivity index (χ0n) is 18.3. The van der Waals surface area contributed by atoms with Crippen LogP contribution >= 0.6 is 0 Å². The molecular formula is C25H27N3O5. The Morgan fingerprint density at radius 1 is 0.879 bits per heavy atom. The van der Waals surface area contributed by atoms with E-state index in [1.54, 1.807) is 34.1 Å². The van der Waals surface area contributed by atoms with Gasteiger partial charge in [0.15, 0.2) is 0 Å². The molecule has 3 aliphatic rings. The van der Waals surface area contributed by atoms with Crippen LogP contribution in [0.5, 0.6) is 0 Å². The second-order valence-electron chi connectivity index (χ2n) is 9.14. The predicted octanol–water partition coefficient (Wildman–Crippen LogP) is 2.54. The molecule has 1 saturated heterocycles. The fraction of sp³-hybridized carbons (Fsp3) is 0.400. The minimum Gasteiger partial charge on any atom is -0.465 e. The van der Waals surface area contributed by atoms with Gasteiger partial charge in [0, 0.05) is 49.4 Å². The first kappa shape index (κ1) is 21.5. The molecule has 8 heteroatoms. The average Bonchev–Trinajstić information content (AvgIpc) is 3.77. The molecule has 0 spiro atoms. The molecule has 2 atom stereocenters. The second-order valence-corrected chi connectivity index (χ2v) is 9.14. The third-order valence-electron chi connectivity index (χ3n) is 6.89. The summed E-state index contributed by atoms with van der Waals surface area (Å²) in [6.45, 7) is 1.74. The lowest BCUT2D eigenvalue weighted by atomic mass is 10.1. The van der Waals surface area contributed by atoms with Crippen LogP contribution in [-0.4, -0.2) is 75.7 Å². The van der Waals surface area contributed by atoms with Crippen molar-refractivity contribution >= 4 is 23.6 Å². The number of carbonyl (C=O) groups is 3. The molecule has 2 aromatic carbocycles. The van der Waals surface area contributed by atoms with Crippen molar-refractivity contribution in [3.63, 3.8) is 0 Å². The molecule has 2 saturated carbocycles. The molecule has 1 aliphatic heterocycles. The number of aliphatic hydroxyl groups is 1. The Hall–Kier alpha value is -3.39. The number of amides is 3. The lowest BCUT2D eigenvalue weighted by Gasteiger charge is -2.35. The molecule has 33 heavy (non-hydrogen) atoms. The molecule has 2 aliphatic carbocycles. The van der Waals surface area contributed by atoms with E-state index in [0.717, 1.165) is 12.0 Å². The Kier molecular flexibility index (Phi) is 5.32. The number of rotatable bonds is 5. The van der Waals surface area contributed by atoms with Crippen molar-refractivity contribution < 1.29 is 24.6 Å². The number of benzene rings is 2. The molecule has 2 unspecified atom stereocenters. The summed E-state index contributed by atoms with van der Waals surface area (Å²) >= 11 is 0. The summed E-state index contributed by atoms with van der Waals surface area (Å²) in [7, 11) is 0. The molecule has 5 rings (SSSR count). The standard InChI is InChI=1S/C25H27N3O5/c29-22(26-12-14-27(15-13-26)23(30)25(33)10-11-25)18-8-6-17(7-9-18)20-16-21(20)28(24(31)32)19-4-2-1-3-5-19/h1-9,20-21,33H,10-16H2,(H,31,32). The van der Waals surface area contributed by atoms with Crippen molar-refractivity contribution in [1.29, 1.82) is 0 Å². The predicted molar refractivity (Wildman–Crippen MR) is 121 cm³/mol. The highest BCUT2D eigenvalue weighted by atomic mass is 16.4. The van der Waals surface area contributed by atoms with Crippen molar-refractivity contribution in [3.05, 3.63) is 65.7 Å². The van der Waals surface area contributed by atoms with E-state index in [1.165, 1.54) is 4.90 Å². The van der Waals surface area contributed by atoms with Crippen molar-refractivity contribution in [2.45, 2.75) is 36.8 Å². The van der Waals surface area contributed by atoms with Gasteiger partial charge in [0.1, 0.15) is 5.60 Å². The molecule has 3 amide bonds. The largest absolute Gasteiger partial charge is 0.465 e. The maximum Gasteiger partial charge on any atom is 0.412 e. The molecule has 0 radical (unpaired) electrons.